The first kappa shape index (κ1) is 14.1. The van der Waals surface area contributed by atoms with Crippen molar-refractivity contribution < 1.29 is 4.79 Å². The van der Waals surface area contributed by atoms with Gasteiger partial charge >= 0.3 is 0 Å². The Bertz CT molecular complexity index is 578. The lowest BCUT2D eigenvalue weighted by molar-refractivity contribution is -0.116. The Morgan fingerprint density at radius 1 is 1.40 bits per heavy atom. The van der Waals surface area contributed by atoms with Gasteiger partial charge in [-0.3, -0.25) is 4.79 Å². The fraction of sp³-hybridized carbons (Fsp3) is 0.375. The second kappa shape index (κ2) is 6.25. The summed E-state index contributed by atoms with van der Waals surface area (Å²) in [4.78, 5) is 13.9. The Kier molecular flexibility index (Phi) is 4.41. The largest absolute Gasteiger partial charge is 0.372 e. The molecule has 1 heterocycles. The van der Waals surface area contributed by atoms with E-state index >= 15 is 0 Å². The van der Waals surface area contributed by atoms with Crippen molar-refractivity contribution in [2.45, 2.75) is 19.8 Å². The summed E-state index contributed by atoms with van der Waals surface area (Å²) in [7, 11) is 1.52. The van der Waals surface area contributed by atoms with Crippen LogP contribution in [0, 0.1) is 18.3 Å². The highest BCUT2D eigenvalue weighted by molar-refractivity contribution is 6.01. The number of anilines is 1. The molecule has 1 saturated heterocycles. The first-order valence-electron chi connectivity index (χ1n) is 6.85. The zero-order valence-corrected chi connectivity index (χ0v) is 11.9. The SMILES string of the molecule is CNC(=O)C(C#N)=Cc1ccc(N2CCCC2)cc1C. The van der Waals surface area contributed by atoms with E-state index in [9.17, 15) is 4.79 Å². The normalized spacial score (nSPS) is 15.1. The van der Waals surface area contributed by atoms with Crippen LogP contribution in [0.5, 0.6) is 0 Å². The second-order valence-corrected chi connectivity index (χ2v) is 4.98. The van der Waals surface area contributed by atoms with Crippen molar-refractivity contribution in [3.63, 3.8) is 0 Å². The quantitative estimate of drug-likeness (QED) is 0.676. The molecule has 0 aromatic heterocycles. The number of aryl methyl sites for hydroxylation is 1. The summed E-state index contributed by atoms with van der Waals surface area (Å²) >= 11 is 0. The minimum atomic E-state index is -0.351. The molecule has 4 nitrogen and oxygen atoms in total. The topological polar surface area (TPSA) is 56.1 Å². The summed E-state index contributed by atoms with van der Waals surface area (Å²) in [5, 5.41) is 11.5. The number of benzene rings is 1. The van der Waals surface area contributed by atoms with Gasteiger partial charge in [-0.2, -0.15) is 5.26 Å². The van der Waals surface area contributed by atoms with Crippen molar-refractivity contribution >= 4 is 17.7 Å². The number of amides is 1. The lowest BCUT2D eigenvalue weighted by Gasteiger charge is -2.18. The number of carbonyl (C=O) groups excluding carboxylic acids is 1. The summed E-state index contributed by atoms with van der Waals surface area (Å²) in [5.74, 6) is -0.351. The number of carbonyl (C=O) groups is 1. The molecule has 0 aliphatic carbocycles. The van der Waals surface area contributed by atoms with E-state index in [4.69, 9.17) is 5.26 Å². The minimum absolute atomic E-state index is 0.129. The third-order valence-corrected chi connectivity index (χ3v) is 3.62. The highest BCUT2D eigenvalue weighted by atomic mass is 16.1. The molecule has 1 aromatic rings. The van der Waals surface area contributed by atoms with Crippen LogP contribution in [0.25, 0.3) is 6.08 Å². The molecule has 1 aliphatic heterocycles. The van der Waals surface area contributed by atoms with Crippen LogP contribution >= 0.6 is 0 Å². The van der Waals surface area contributed by atoms with Gasteiger partial charge in [-0.25, -0.2) is 0 Å². The predicted molar refractivity (Wildman–Crippen MR) is 80.3 cm³/mol. The Balaban J connectivity index is 2.27. The lowest BCUT2D eigenvalue weighted by atomic mass is 10.0. The first-order valence-corrected chi connectivity index (χ1v) is 6.85. The average molecular weight is 269 g/mol. The lowest BCUT2D eigenvalue weighted by Crippen LogP contribution is -2.19. The monoisotopic (exact) mass is 269 g/mol. The molecule has 2 rings (SSSR count). The van der Waals surface area contributed by atoms with Crippen molar-refractivity contribution in [2.75, 3.05) is 25.0 Å². The van der Waals surface area contributed by atoms with E-state index in [0.717, 1.165) is 24.2 Å². The van der Waals surface area contributed by atoms with Crippen LogP contribution in [0.3, 0.4) is 0 Å². The molecule has 0 bridgehead atoms. The van der Waals surface area contributed by atoms with Crippen LogP contribution in [0.1, 0.15) is 24.0 Å². The number of hydrogen-bond donors (Lipinski definition) is 1. The molecule has 0 radical (unpaired) electrons. The van der Waals surface area contributed by atoms with Crippen molar-refractivity contribution in [1.82, 2.24) is 5.32 Å². The zero-order chi connectivity index (χ0) is 14.5. The Morgan fingerprint density at radius 3 is 2.65 bits per heavy atom. The molecule has 1 amide bonds. The summed E-state index contributed by atoms with van der Waals surface area (Å²) in [5.41, 5.74) is 3.33. The van der Waals surface area contributed by atoms with Gasteiger partial charge in [-0.1, -0.05) is 6.07 Å². The number of likely N-dealkylation sites (N-methyl/N-ethyl adjacent to an activating group) is 1. The molecule has 4 heteroatoms. The highest BCUT2D eigenvalue weighted by Gasteiger charge is 2.13. The van der Waals surface area contributed by atoms with Crippen molar-refractivity contribution in [1.29, 1.82) is 5.26 Å². The van der Waals surface area contributed by atoms with Crippen LogP contribution in [0.15, 0.2) is 23.8 Å². The molecule has 0 atom stereocenters. The molecule has 1 aromatic carbocycles. The van der Waals surface area contributed by atoms with Crippen LogP contribution in [0.2, 0.25) is 0 Å². The van der Waals surface area contributed by atoms with Gasteiger partial charge in [0, 0.05) is 25.8 Å². The molecule has 104 valence electrons. The molecule has 0 saturated carbocycles. The van der Waals surface area contributed by atoms with Gasteiger partial charge in [0.2, 0.25) is 0 Å². The Morgan fingerprint density at radius 2 is 2.10 bits per heavy atom. The predicted octanol–water partition coefficient (Wildman–Crippen LogP) is 2.25. The second-order valence-electron chi connectivity index (χ2n) is 4.98. The summed E-state index contributed by atoms with van der Waals surface area (Å²) in [6.07, 6.45) is 4.13. The standard InChI is InChI=1S/C16H19N3O/c1-12-9-15(19-7-3-4-8-19)6-5-13(12)10-14(11-17)16(20)18-2/h5-6,9-10H,3-4,7-8H2,1-2H3,(H,18,20). The van der Waals surface area contributed by atoms with E-state index in [1.807, 2.05) is 19.1 Å². The van der Waals surface area contributed by atoms with E-state index in [-0.39, 0.29) is 11.5 Å². The smallest absolute Gasteiger partial charge is 0.261 e. The third-order valence-electron chi connectivity index (χ3n) is 3.62. The van der Waals surface area contributed by atoms with E-state index in [1.54, 1.807) is 6.08 Å². The summed E-state index contributed by atoms with van der Waals surface area (Å²) in [6.45, 7) is 4.22. The van der Waals surface area contributed by atoms with Crippen molar-refractivity contribution in [3.05, 3.63) is 34.9 Å². The van der Waals surface area contributed by atoms with Crippen LogP contribution in [0.4, 0.5) is 5.69 Å². The number of hydrogen-bond acceptors (Lipinski definition) is 3. The molecular weight excluding hydrogens is 250 g/mol. The number of nitriles is 1. The molecule has 1 fully saturated rings. The maximum atomic E-state index is 11.5. The van der Waals surface area contributed by atoms with Gasteiger partial charge in [-0.15, -0.1) is 0 Å². The average Bonchev–Trinajstić information content (AvgIpc) is 2.99. The maximum absolute atomic E-state index is 11.5. The first-order chi connectivity index (χ1) is 9.65. The molecule has 1 N–H and O–H groups in total. The fourth-order valence-electron chi connectivity index (χ4n) is 2.43. The van der Waals surface area contributed by atoms with Gasteiger partial charge < -0.3 is 10.2 Å². The third kappa shape index (κ3) is 3.00. The molecule has 0 spiro atoms. The van der Waals surface area contributed by atoms with E-state index in [2.05, 4.69) is 22.3 Å². The minimum Gasteiger partial charge on any atom is -0.372 e. The van der Waals surface area contributed by atoms with Gasteiger partial charge in [0.05, 0.1) is 0 Å². The van der Waals surface area contributed by atoms with E-state index < -0.39 is 0 Å². The number of nitrogens with zero attached hydrogens (tertiary/aromatic N) is 2. The summed E-state index contributed by atoms with van der Waals surface area (Å²) in [6, 6.07) is 8.09. The van der Waals surface area contributed by atoms with Gasteiger partial charge in [0.15, 0.2) is 0 Å². The molecule has 1 aliphatic rings. The van der Waals surface area contributed by atoms with Crippen LogP contribution in [-0.4, -0.2) is 26.0 Å². The zero-order valence-electron chi connectivity index (χ0n) is 11.9. The van der Waals surface area contributed by atoms with Crippen molar-refractivity contribution in [2.24, 2.45) is 0 Å². The van der Waals surface area contributed by atoms with Crippen molar-refractivity contribution in [3.8, 4) is 6.07 Å². The number of rotatable bonds is 3. The maximum Gasteiger partial charge on any atom is 0.261 e. The molecule has 0 unspecified atom stereocenters. The van der Waals surface area contributed by atoms with Gasteiger partial charge in [0.1, 0.15) is 11.6 Å². The molecular formula is C16H19N3O. The highest BCUT2D eigenvalue weighted by Crippen LogP contribution is 2.24. The Labute approximate surface area is 119 Å². The number of nitrogens with one attached hydrogen (secondary N) is 1. The fourth-order valence-corrected chi connectivity index (χ4v) is 2.43. The molecule has 20 heavy (non-hydrogen) atoms. The summed E-state index contributed by atoms with van der Waals surface area (Å²) < 4.78 is 0. The Hall–Kier alpha value is -2.28. The van der Waals surface area contributed by atoms with Crippen LogP contribution in [-0.2, 0) is 4.79 Å². The van der Waals surface area contributed by atoms with E-state index in [1.165, 1.54) is 25.6 Å². The van der Waals surface area contributed by atoms with E-state index in [0.29, 0.717) is 0 Å². The van der Waals surface area contributed by atoms with Gasteiger partial charge in [0.25, 0.3) is 5.91 Å². The van der Waals surface area contributed by atoms with Crippen LogP contribution < -0.4 is 10.2 Å². The van der Waals surface area contributed by atoms with Gasteiger partial charge in [-0.05, 0) is 49.1 Å².